The summed E-state index contributed by atoms with van der Waals surface area (Å²) in [5, 5.41) is 13.6. The fraction of sp³-hybridized carbons (Fsp3) is 0.417. The molecule has 1 aromatic rings. The number of benzene rings is 1. The highest BCUT2D eigenvalue weighted by molar-refractivity contribution is 9.10. The third-order valence-corrected chi connectivity index (χ3v) is 4.73. The van der Waals surface area contributed by atoms with Gasteiger partial charge in [-0.05, 0) is 42.1 Å². The van der Waals surface area contributed by atoms with Crippen molar-refractivity contribution in [1.29, 1.82) is 0 Å². The van der Waals surface area contributed by atoms with E-state index in [-0.39, 0.29) is 26.4 Å². The second-order valence-electron chi connectivity index (χ2n) is 4.54. The van der Waals surface area contributed by atoms with E-state index in [1.807, 2.05) is 20.1 Å². The third-order valence-electron chi connectivity index (χ3n) is 2.65. The first-order valence-corrected chi connectivity index (χ1v) is 7.56. The Kier molecular flexibility index (Phi) is 5.37. The Bertz CT molecular complexity index is 506. The predicted octanol–water partition coefficient (Wildman–Crippen LogP) is 3.23. The van der Waals surface area contributed by atoms with Gasteiger partial charge in [-0.25, -0.2) is 0 Å². The first kappa shape index (κ1) is 16.0. The number of amides is 1. The topological polar surface area (TPSA) is 72.2 Å². The molecule has 0 saturated carbocycles. The van der Waals surface area contributed by atoms with E-state index in [2.05, 4.69) is 21.2 Å². The van der Waals surface area contributed by atoms with Crippen LogP contribution in [0.1, 0.15) is 24.2 Å². The molecule has 1 rings (SSSR count). The number of nitro groups is 1. The maximum atomic E-state index is 12.0. The molecule has 0 radical (unpaired) electrons. The number of carbonyl (C=O) groups excluding carboxylic acids is 1. The molecule has 0 aromatic heterocycles. The standard InChI is InChI=1S/C12H15BrN2O3S/c1-12(2,19-3)7-14-11(16)8-5-4-6-9(10(8)13)15(17)18/h4-6H,7H2,1-3H3,(H,14,16). The fourth-order valence-corrected chi connectivity index (χ4v) is 2.10. The molecule has 7 heteroatoms. The van der Waals surface area contributed by atoms with Gasteiger partial charge in [0.1, 0.15) is 4.47 Å². The summed E-state index contributed by atoms with van der Waals surface area (Å²) in [7, 11) is 0. The van der Waals surface area contributed by atoms with E-state index in [9.17, 15) is 14.9 Å². The van der Waals surface area contributed by atoms with E-state index in [4.69, 9.17) is 0 Å². The maximum absolute atomic E-state index is 12.0. The monoisotopic (exact) mass is 346 g/mol. The number of hydrogen-bond acceptors (Lipinski definition) is 4. The van der Waals surface area contributed by atoms with Crippen molar-refractivity contribution in [2.45, 2.75) is 18.6 Å². The van der Waals surface area contributed by atoms with Gasteiger partial charge in [0, 0.05) is 17.4 Å². The molecule has 0 aliphatic rings. The van der Waals surface area contributed by atoms with Crippen LogP contribution in [0.5, 0.6) is 0 Å². The molecule has 0 aliphatic heterocycles. The molecule has 0 atom stereocenters. The van der Waals surface area contributed by atoms with Gasteiger partial charge in [-0.2, -0.15) is 11.8 Å². The van der Waals surface area contributed by atoms with Crippen molar-refractivity contribution in [2.75, 3.05) is 12.8 Å². The zero-order valence-corrected chi connectivity index (χ0v) is 13.3. The van der Waals surface area contributed by atoms with Crippen molar-refractivity contribution in [3.63, 3.8) is 0 Å². The summed E-state index contributed by atoms with van der Waals surface area (Å²) in [5.74, 6) is -0.322. The predicted molar refractivity (Wildman–Crippen MR) is 80.7 cm³/mol. The average Bonchev–Trinajstić information content (AvgIpc) is 2.36. The molecular weight excluding hydrogens is 332 g/mol. The van der Waals surface area contributed by atoms with Gasteiger partial charge in [-0.1, -0.05) is 6.07 Å². The van der Waals surface area contributed by atoms with E-state index in [1.165, 1.54) is 12.1 Å². The maximum Gasteiger partial charge on any atom is 0.284 e. The van der Waals surface area contributed by atoms with Crippen molar-refractivity contribution in [1.82, 2.24) is 5.32 Å². The van der Waals surface area contributed by atoms with Crippen LogP contribution >= 0.6 is 27.7 Å². The summed E-state index contributed by atoms with van der Waals surface area (Å²) in [5.41, 5.74) is 0.155. The number of halogens is 1. The number of rotatable bonds is 5. The Morgan fingerprint density at radius 2 is 2.16 bits per heavy atom. The first-order valence-electron chi connectivity index (χ1n) is 5.55. The first-order chi connectivity index (χ1) is 8.78. The summed E-state index contributed by atoms with van der Waals surface area (Å²) in [6.45, 7) is 4.52. The molecular formula is C12H15BrN2O3S. The van der Waals surface area contributed by atoms with Gasteiger partial charge < -0.3 is 5.32 Å². The second kappa shape index (κ2) is 6.38. The van der Waals surface area contributed by atoms with Crippen LogP contribution in [-0.4, -0.2) is 28.4 Å². The number of nitrogens with zero attached hydrogens (tertiary/aromatic N) is 1. The third kappa shape index (κ3) is 4.21. The molecule has 0 saturated heterocycles. The molecule has 1 aromatic carbocycles. The van der Waals surface area contributed by atoms with Crippen molar-refractivity contribution in [3.05, 3.63) is 38.3 Å². The molecule has 19 heavy (non-hydrogen) atoms. The van der Waals surface area contributed by atoms with Crippen LogP contribution < -0.4 is 5.32 Å². The summed E-state index contributed by atoms with van der Waals surface area (Å²) < 4.78 is 0.127. The molecule has 5 nitrogen and oxygen atoms in total. The number of hydrogen-bond donors (Lipinski definition) is 1. The van der Waals surface area contributed by atoms with Crippen LogP contribution in [0.2, 0.25) is 0 Å². The van der Waals surface area contributed by atoms with Crippen molar-refractivity contribution in [2.24, 2.45) is 0 Å². The molecule has 0 heterocycles. The van der Waals surface area contributed by atoms with Crippen LogP contribution in [0.15, 0.2) is 22.7 Å². The summed E-state index contributed by atoms with van der Waals surface area (Å²) in [6.07, 6.45) is 1.97. The van der Waals surface area contributed by atoms with Crippen LogP contribution in [0.4, 0.5) is 5.69 Å². The molecule has 1 N–H and O–H groups in total. The summed E-state index contributed by atoms with van der Waals surface area (Å²) in [4.78, 5) is 22.3. The fourth-order valence-electron chi connectivity index (χ4n) is 1.30. The normalized spacial score (nSPS) is 11.2. The Balaban J connectivity index is 2.89. The molecule has 0 unspecified atom stereocenters. The second-order valence-corrected chi connectivity index (χ2v) is 6.85. The van der Waals surface area contributed by atoms with E-state index < -0.39 is 4.92 Å². The van der Waals surface area contributed by atoms with Gasteiger partial charge in [0.05, 0.1) is 10.5 Å². The quantitative estimate of drug-likeness (QED) is 0.656. The zero-order chi connectivity index (χ0) is 14.6. The highest BCUT2D eigenvalue weighted by Gasteiger charge is 2.22. The lowest BCUT2D eigenvalue weighted by Crippen LogP contribution is -2.36. The van der Waals surface area contributed by atoms with Crippen LogP contribution in [0, 0.1) is 10.1 Å². The van der Waals surface area contributed by atoms with Gasteiger partial charge in [-0.3, -0.25) is 14.9 Å². The average molecular weight is 347 g/mol. The molecule has 0 fully saturated rings. The lowest BCUT2D eigenvalue weighted by atomic mass is 10.1. The van der Waals surface area contributed by atoms with Crippen molar-refractivity contribution >= 4 is 39.3 Å². The Morgan fingerprint density at radius 1 is 1.53 bits per heavy atom. The Morgan fingerprint density at radius 3 is 2.68 bits per heavy atom. The SMILES string of the molecule is CSC(C)(C)CNC(=O)c1cccc([N+](=O)[O-])c1Br. The van der Waals surface area contributed by atoms with Crippen molar-refractivity contribution < 1.29 is 9.72 Å². The number of thioether (sulfide) groups is 1. The van der Waals surface area contributed by atoms with E-state index in [0.29, 0.717) is 6.54 Å². The minimum Gasteiger partial charge on any atom is -0.351 e. The summed E-state index contributed by atoms with van der Waals surface area (Å²) in [6, 6.07) is 4.41. The number of carbonyl (C=O) groups is 1. The van der Waals surface area contributed by atoms with Gasteiger partial charge in [0.25, 0.3) is 11.6 Å². The number of nitrogens with one attached hydrogen (secondary N) is 1. The van der Waals surface area contributed by atoms with Crippen molar-refractivity contribution in [3.8, 4) is 0 Å². The molecule has 0 aliphatic carbocycles. The molecule has 0 bridgehead atoms. The zero-order valence-electron chi connectivity index (χ0n) is 10.9. The Hall–Kier alpha value is -1.08. The minimum atomic E-state index is -0.521. The lowest BCUT2D eigenvalue weighted by molar-refractivity contribution is -0.385. The molecule has 104 valence electrons. The van der Waals surface area contributed by atoms with Gasteiger partial charge >= 0.3 is 0 Å². The van der Waals surface area contributed by atoms with Gasteiger partial charge in [0.15, 0.2) is 0 Å². The molecule has 1 amide bonds. The van der Waals surface area contributed by atoms with E-state index in [0.717, 1.165) is 0 Å². The lowest BCUT2D eigenvalue weighted by Gasteiger charge is -2.22. The van der Waals surface area contributed by atoms with E-state index in [1.54, 1.807) is 17.8 Å². The number of nitro benzene ring substituents is 1. The largest absolute Gasteiger partial charge is 0.351 e. The summed E-state index contributed by atoms with van der Waals surface area (Å²) >= 11 is 4.75. The smallest absolute Gasteiger partial charge is 0.284 e. The molecule has 0 spiro atoms. The van der Waals surface area contributed by atoms with Crippen LogP contribution in [0.3, 0.4) is 0 Å². The van der Waals surface area contributed by atoms with Crippen LogP contribution in [0.25, 0.3) is 0 Å². The highest BCUT2D eigenvalue weighted by Crippen LogP contribution is 2.28. The van der Waals surface area contributed by atoms with Gasteiger partial charge in [-0.15, -0.1) is 0 Å². The van der Waals surface area contributed by atoms with Gasteiger partial charge in [0.2, 0.25) is 0 Å². The highest BCUT2D eigenvalue weighted by atomic mass is 79.9. The minimum absolute atomic E-state index is 0.0805. The van der Waals surface area contributed by atoms with E-state index >= 15 is 0 Å². The van der Waals surface area contributed by atoms with Crippen LogP contribution in [-0.2, 0) is 0 Å². The Labute approximate surface area is 124 Å².